The van der Waals surface area contributed by atoms with Gasteiger partial charge >= 0.3 is 12.1 Å². The number of piperazine rings is 1. The molecule has 0 unspecified atom stereocenters. The lowest BCUT2D eigenvalue weighted by Gasteiger charge is -2.28. The van der Waals surface area contributed by atoms with E-state index in [4.69, 9.17) is 0 Å². The second-order valence-corrected chi connectivity index (χ2v) is 4.56. The monoisotopic (exact) mass is 299 g/mol. The lowest BCUT2D eigenvalue weighted by atomic mass is 10.2. The highest BCUT2D eigenvalue weighted by atomic mass is 19.4. The second kappa shape index (κ2) is 5.32. The number of aromatic nitrogens is 3. The molecule has 9 heteroatoms. The van der Waals surface area contributed by atoms with Gasteiger partial charge in [0, 0.05) is 37.9 Å². The highest BCUT2D eigenvalue weighted by Crippen LogP contribution is 2.29. The Morgan fingerprint density at radius 1 is 1.19 bits per heavy atom. The lowest BCUT2D eigenvalue weighted by Crippen LogP contribution is -2.43. The van der Waals surface area contributed by atoms with Crippen LogP contribution >= 0.6 is 0 Å². The van der Waals surface area contributed by atoms with Crippen LogP contribution in [-0.2, 0) is 6.18 Å². The SMILES string of the molecule is FC(F)(F)c1nc(-c2ccc(N3CCNCC3)nc2)no1. The van der Waals surface area contributed by atoms with Crippen molar-refractivity contribution in [3.05, 3.63) is 24.2 Å². The summed E-state index contributed by atoms with van der Waals surface area (Å²) in [5.41, 5.74) is 0.383. The average Bonchev–Trinajstić information content (AvgIpc) is 2.98. The normalized spacial score (nSPS) is 16.2. The molecule has 3 rings (SSSR count). The first-order valence-corrected chi connectivity index (χ1v) is 6.37. The molecular formula is C12H12F3N5O. The molecule has 112 valence electrons. The Bertz CT molecular complexity index is 604. The van der Waals surface area contributed by atoms with E-state index in [1.165, 1.54) is 6.20 Å². The van der Waals surface area contributed by atoms with Crippen molar-refractivity contribution in [2.75, 3.05) is 31.1 Å². The van der Waals surface area contributed by atoms with Crippen molar-refractivity contribution in [2.45, 2.75) is 6.18 Å². The predicted molar refractivity (Wildman–Crippen MR) is 67.6 cm³/mol. The Labute approximate surface area is 118 Å². The molecule has 2 aromatic heterocycles. The summed E-state index contributed by atoms with van der Waals surface area (Å²) in [6.45, 7) is 3.44. The zero-order valence-electron chi connectivity index (χ0n) is 10.9. The Morgan fingerprint density at radius 2 is 1.95 bits per heavy atom. The standard InChI is InChI=1S/C12H12F3N5O/c13-12(14,15)11-18-10(19-21-11)8-1-2-9(17-7-8)20-5-3-16-4-6-20/h1-2,7,16H,3-6H2. The fraction of sp³-hybridized carbons (Fsp3) is 0.417. The van der Waals surface area contributed by atoms with E-state index >= 15 is 0 Å². The molecule has 6 nitrogen and oxygen atoms in total. The molecule has 1 fully saturated rings. The van der Waals surface area contributed by atoms with E-state index in [9.17, 15) is 13.2 Å². The Hall–Kier alpha value is -2.16. The summed E-state index contributed by atoms with van der Waals surface area (Å²) in [6.07, 6.45) is -3.19. The molecule has 0 radical (unpaired) electrons. The van der Waals surface area contributed by atoms with E-state index in [1.807, 2.05) is 0 Å². The molecule has 0 atom stereocenters. The highest BCUT2D eigenvalue weighted by Gasteiger charge is 2.38. The Morgan fingerprint density at radius 3 is 2.52 bits per heavy atom. The van der Waals surface area contributed by atoms with Crippen LogP contribution in [0.2, 0.25) is 0 Å². The first-order valence-electron chi connectivity index (χ1n) is 6.37. The van der Waals surface area contributed by atoms with Gasteiger partial charge in [0.2, 0.25) is 5.82 Å². The van der Waals surface area contributed by atoms with Gasteiger partial charge in [-0.25, -0.2) is 4.98 Å². The smallest absolute Gasteiger partial charge is 0.354 e. The van der Waals surface area contributed by atoms with Crippen molar-refractivity contribution in [2.24, 2.45) is 0 Å². The van der Waals surface area contributed by atoms with Crippen LogP contribution in [0.4, 0.5) is 19.0 Å². The topological polar surface area (TPSA) is 67.1 Å². The first-order chi connectivity index (χ1) is 10.0. The maximum atomic E-state index is 12.4. The molecule has 0 saturated carbocycles. The Kier molecular flexibility index (Phi) is 3.50. The van der Waals surface area contributed by atoms with E-state index in [1.54, 1.807) is 12.1 Å². The third-order valence-corrected chi connectivity index (χ3v) is 3.12. The third-order valence-electron chi connectivity index (χ3n) is 3.12. The minimum absolute atomic E-state index is 0.123. The summed E-state index contributed by atoms with van der Waals surface area (Å²) in [5, 5.41) is 6.56. The molecule has 1 saturated heterocycles. The van der Waals surface area contributed by atoms with Crippen LogP contribution in [0.15, 0.2) is 22.9 Å². The van der Waals surface area contributed by atoms with Crippen LogP contribution in [0.25, 0.3) is 11.4 Å². The van der Waals surface area contributed by atoms with Gasteiger partial charge in [-0.15, -0.1) is 0 Å². The third kappa shape index (κ3) is 2.97. The van der Waals surface area contributed by atoms with E-state index in [0.717, 1.165) is 32.0 Å². The summed E-state index contributed by atoms with van der Waals surface area (Å²) >= 11 is 0. The van der Waals surface area contributed by atoms with Gasteiger partial charge in [-0.1, -0.05) is 5.16 Å². The molecule has 1 N–H and O–H groups in total. The van der Waals surface area contributed by atoms with Crippen molar-refractivity contribution in [3.63, 3.8) is 0 Å². The van der Waals surface area contributed by atoms with Crippen molar-refractivity contribution < 1.29 is 17.7 Å². The van der Waals surface area contributed by atoms with E-state index < -0.39 is 12.1 Å². The van der Waals surface area contributed by atoms with Crippen LogP contribution in [0, 0.1) is 0 Å². The maximum absolute atomic E-state index is 12.4. The summed E-state index contributed by atoms with van der Waals surface area (Å²) in [6, 6.07) is 3.37. The number of alkyl halides is 3. The van der Waals surface area contributed by atoms with Crippen molar-refractivity contribution in [3.8, 4) is 11.4 Å². The van der Waals surface area contributed by atoms with Crippen LogP contribution in [0.3, 0.4) is 0 Å². The van der Waals surface area contributed by atoms with Crippen molar-refractivity contribution in [1.82, 2.24) is 20.4 Å². The molecule has 0 aliphatic carbocycles. The summed E-state index contributed by atoms with van der Waals surface area (Å²) < 4.78 is 41.4. The fourth-order valence-electron chi connectivity index (χ4n) is 2.06. The largest absolute Gasteiger partial charge is 0.471 e. The maximum Gasteiger partial charge on any atom is 0.471 e. The molecule has 0 spiro atoms. The van der Waals surface area contributed by atoms with Gasteiger partial charge in [-0.3, -0.25) is 0 Å². The molecule has 21 heavy (non-hydrogen) atoms. The number of anilines is 1. The number of halogens is 3. The van der Waals surface area contributed by atoms with E-state index in [-0.39, 0.29) is 5.82 Å². The van der Waals surface area contributed by atoms with Gasteiger partial charge in [0.15, 0.2) is 0 Å². The number of rotatable bonds is 2. The molecule has 0 amide bonds. The number of nitrogens with zero attached hydrogens (tertiary/aromatic N) is 4. The molecule has 0 bridgehead atoms. The minimum Gasteiger partial charge on any atom is -0.354 e. The molecule has 2 aromatic rings. The van der Waals surface area contributed by atoms with Crippen molar-refractivity contribution >= 4 is 5.82 Å². The number of hydrogen-bond donors (Lipinski definition) is 1. The Balaban J connectivity index is 1.79. The van der Waals surface area contributed by atoms with Crippen molar-refractivity contribution in [1.29, 1.82) is 0 Å². The number of nitrogens with one attached hydrogen (secondary N) is 1. The van der Waals surface area contributed by atoms with Gasteiger partial charge < -0.3 is 14.7 Å². The van der Waals surface area contributed by atoms with Gasteiger partial charge in [0.1, 0.15) is 5.82 Å². The molecule has 1 aliphatic heterocycles. The van der Waals surface area contributed by atoms with Gasteiger partial charge in [-0.2, -0.15) is 18.2 Å². The highest BCUT2D eigenvalue weighted by molar-refractivity contribution is 5.56. The molecule has 1 aliphatic rings. The van der Waals surface area contributed by atoms with E-state index in [0.29, 0.717) is 5.56 Å². The van der Waals surface area contributed by atoms with Crippen LogP contribution in [0.1, 0.15) is 5.89 Å². The first kappa shape index (κ1) is 13.8. The summed E-state index contributed by atoms with van der Waals surface area (Å²) in [4.78, 5) is 9.67. The van der Waals surface area contributed by atoms with Gasteiger partial charge in [0.25, 0.3) is 0 Å². The zero-order valence-corrected chi connectivity index (χ0v) is 10.9. The molecular weight excluding hydrogens is 287 g/mol. The minimum atomic E-state index is -4.64. The molecule has 0 aromatic carbocycles. The van der Waals surface area contributed by atoms with E-state index in [2.05, 4.69) is 29.9 Å². The quantitative estimate of drug-likeness (QED) is 0.907. The summed E-state index contributed by atoms with van der Waals surface area (Å²) in [5.74, 6) is -0.704. The van der Waals surface area contributed by atoms with Gasteiger partial charge in [-0.05, 0) is 12.1 Å². The predicted octanol–water partition coefficient (Wildman–Crippen LogP) is 1.56. The second-order valence-electron chi connectivity index (χ2n) is 4.56. The lowest BCUT2D eigenvalue weighted by molar-refractivity contribution is -0.159. The van der Waals surface area contributed by atoms with Crippen LogP contribution in [-0.4, -0.2) is 41.3 Å². The summed E-state index contributed by atoms with van der Waals surface area (Å²) in [7, 11) is 0. The molecule has 3 heterocycles. The number of pyridine rings is 1. The number of hydrogen-bond acceptors (Lipinski definition) is 6. The van der Waals surface area contributed by atoms with Crippen LogP contribution < -0.4 is 10.2 Å². The fourth-order valence-corrected chi connectivity index (χ4v) is 2.06. The van der Waals surface area contributed by atoms with Gasteiger partial charge in [0.05, 0.1) is 0 Å². The zero-order chi connectivity index (χ0) is 14.9. The average molecular weight is 299 g/mol. The van der Waals surface area contributed by atoms with Crippen LogP contribution in [0.5, 0.6) is 0 Å².